The molecule has 2 amide bonds. The zero-order valence-corrected chi connectivity index (χ0v) is 12.0. The molecule has 1 aromatic rings. The molecule has 1 saturated carbocycles. The monoisotopic (exact) mass is 292 g/mol. The molecule has 0 spiro atoms. The Labute approximate surface area is 123 Å². The number of benzene rings is 1. The molecule has 1 fully saturated rings. The van der Waals surface area contributed by atoms with E-state index in [0.29, 0.717) is 5.75 Å². The van der Waals surface area contributed by atoms with Crippen LogP contribution in [0.3, 0.4) is 0 Å². The van der Waals surface area contributed by atoms with Crippen LogP contribution in [-0.2, 0) is 4.79 Å². The first kappa shape index (κ1) is 15.2. The van der Waals surface area contributed by atoms with Crippen molar-refractivity contribution in [2.24, 2.45) is 5.73 Å². The van der Waals surface area contributed by atoms with Gasteiger partial charge < -0.3 is 20.5 Å². The number of hydrogen-bond donors (Lipinski definition) is 2. The van der Waals surface area contributed by atoms with Gasteiger partial charge in [-0.2, -0.15) is 0 Å². The fourth-order valence-electron chi connectivity index (χ4n) is 2.72. The van der Waals surface area contributed by atoms with Crippen LogP contribution in [0.25, 0.3) is 0 Å². The summed E-state index contributed by atoms with van der Waals surface area (Å²) in [7, 11) is 1.48. The maximum absolute atomic E-state index is 12.6. The Morgan fingerprint density at radius 2 is 2.05 bits per heavy atom. The zero-order chi connectivity index (χ0) is 15.4. The van der Waals surface area contributed by atoms with Gasteiger partial charge in [0.1, 0.15) is 11.5 Å². The number of carbonyl (C=O) groups is 2. The SMILES string of the molecule is COc1ccc(C(=O)N(CC(N)=O)C2CCCC2)c(O)c1. The third-order valence-electron chi connectivity index (χ3n) is 3.79. The van der Waals surface area contributed by atoms with Crippen LogP contribution in [0.5, 0.6) is 11.5 Å². The van der Waals surface area contributed by atoms with Crippen molar-refractivity contribution in [1.82, 2.24) is 4.90 Å². The number of amides is 2. The number of methoxy groups -OCH3 is 1. The molecule has 2 rings (SSSR count). The summed E-state index contributed by atoms with van der Waals surface area (Å²) in [5.41, 5.74) is 5.40. The van der Waals surface area contributed by atoms with E-state index in [4.69, 9.17) is 10.5 Å². The van der Waals surface area contributed by atoms with E-state index in [-0.39, 0.29) is 29.8 Å². The van der Waals surface area contributed by atoms with Crippen molar-refractivity contribution in [3.8, 4) is 11.5 Å². The highest BCUT2D eigenvalue weighted by Crippen LogP contribution is 2.28. The number of nitrogens with zero attached hydrogens (tertiary/aromatic N) is 1. The molecule has 0 heterocycles. The minimum Gasteiger partial charge on any atom is -0.507 e. The molecule has 0 bridgehead atoms. The molecule has 0 saturated heterocycles. The number of nitrogens with two attached hydrogens (primary N) is 1. The minimum atomic E-state index is -0.553. The van der Waals surface area contributed by atoms with Crippen molar-refractivity contribution < 1.29 is 19.4 Å². The van der Waals surface area contributed by atoms with Crippen molar-refractivity contribution >= 4 is 11.8 Å². The van der Waals surface area contributed by atoms with E-state index < -0.39 is 5.91 Å². The molecular weight excluding hydrogens is 272 g/mol. The molecule has 0 radical (unpaired) electrons. The van der Waals surface area contributed by atoms with Crippen LogP contribution in [0.2, 0.25) is 0 Å². The molecule has 6 nitrogen and oxygen atoms in total. The summed E-state index contributed by atoms with van der Waals surface area (Å²) in [4.78, 5) is 25.3. The number of phenols is 1. The maximum atomic E-state index is 12.6. The van der Waals surface area contributed by atoms with Crippen molar-refractivity contribution in [2.75, 3.05) is 13.7 Å². The van der Waals surface area contributed by atoms with Gasteiger partial charge in [0.2, 0.25) is 5.91 Å². The van der Waals surface area contributed by atoms with Gasteiger partial charge in [-0.05, 0) is 25.0 Å². The third-order valence-corrected chi connectivity index (χ3v) is 3.79. The summed E-state index contributed by atoms with van der Waals surface area (Å²) < 4.78 is 5.00. The highest BCUT2D eigenvalue weighted by molar-refractivity contribution is 5.99. The Hall–Kier alpha value is -2.24. The molecule has 0 aromatic heterocycles. The molecule has 114 valence electrons. The normalized spacial score (nSPS) is 14.9. The highest BCUT2D eigenvalue weighted by atomic mass is 16.5. The van der Waals surface area contributed by atoms with E-state index in [1.54, 1.807) is 6.07 Å². The Morgan fingerprint density at radius 3 is 2.57 bits per heavy atom. The summed E-state index contributed by atoms with van der Waals surface area (Å²) in [6, 6.07) is 4.49. The Kier molecular flexibility index (Phi) is 4.67. The Morgan fingerprint density at radius 1 is 1.38 bits per heavy atom. The highest BCUT2D eigenvalue weighted by Gasteiger charge is 2.29. The number of hydrogen-bond acceptors (Lipinski definition) is 4. The summed E-state index contributed by atoms with van der Waals surface area (Å²) in [6.07, 6.45) is 3.77. The van der Waals surface area contributed by atoms with Gasteiger partial charge in [-0.3, -0.25) is 9.59 Å². The minimum absolute atomic E-state index is 0.00602. The molecule has 6 heteroatoms. The van der Waals surface area contributed by atoms with Crippen LogP contribution in [0.4, 0.5) is 0 Å². The first-order valence-electron chi connectivity index (χ1n) is 6.99. The average molecular weight is 292 g/mol. The second-order valence-corrected chi connectivity index (χ2v) is 5.22. The van der Waals surface area contributed by atoms with Crippen LogP contribution in [0.15, 0.2) is 18.2 Å². The zero-order valence-electron chi connectivity index (χ0n) is 12.0. The summed E-state index contributed by atoms with van der Waals surface area (Å²) >= 11 is 0. The maximum Gasteiger partial charge on any atom is 0.258 e. The fraction of sp³-hybridized carbons (Fsp3) is 0.467. The number of rotatable bonds is 5. The summed E-state index contributed by atoms with van der Waals surface area (Å²) in [6.45, 7) is -0.130. The number of phenolic OH excluding ortho intramolecular Hbond substituents is 1. The molecule has 1 aliphatic rings. The largest absolute Gasteiger partial charge is 0.507 e. The molecule has 0 atom stereocenters. The summed E-state index contributed by atoms with van der Waals surface area (Å²) in [5, 5.41) is 9.98. The van der Waals surface area contributed by atoms with Gasteiger partial charge in [-0.25, -0.2) is 0 Å². The second-order valence-electron chi connectivity index (χ2n) is 5.22. The topological polar surface area (TPSA) is 92.9 Å². The van der Waals surface area contributed by atoms with E-state index >= 15 is 0 Å². The average Bonchev–Trinajstić information content (AvgIpc) is 2.97. The van der Waals surface area contributed by atoms with Gasteiger partial charge in [-0.15, -0.1) is 0 Å². The van der Waals surface area contributed by atoms with Crippen LogP contribution in [-0.4, -0.2) is 41.5 Å². The Bertz CT molecular complexity index is 538. The van der Waals surface area contributed by atoms with E-state index in [1.807, 2.05) is 0 Å². The second kappa shape index (κ2) is 6.47. The first-order valence-corrected chi connectivity index (χ1v) is 6.99. The van der Waals surface area contributed by atoms with Gasteiger partial charge in [0, 0.05) is 12.1 Å². The Balaban J connectivity index is 2.26. The van der Waals surface area contributed by atoms with Crippen molar-refractivity contribution in [1.29, 1.82) is 0 Å². The predicted octanol–water partition coefficient (Wildman–Crippen LogP) is 1.27. The lowest BCUT2D eigenvalue weighted by molar-refractivity contribution is -0.119. The van der Waals surface area contributed by atoms with Gasteiger partial charge >= 0.3 is 0 Å². The lowest BCUT2D eigenvalue weighted by Gasteiger charge is -2.28. The number of carbonyl (C=O) groups excluding carboxylic acids is 2. The molecule has 0 unspecified atom stereocenters. The molecule has 21 heavy (non-hydrogen) atoms. The van der Waals surface area contributed by atoms with Gasteiger partial charge in [0.05, 0.1) is 19.2 Å². The third kappa shape index (κ3) is 3.45. The van der Waals surface area contributed by atoms with E-state index in [2.05, 4.69) is 0 Å². The lowest BCUT2D eigenvalue weighted by atomic mass is 10.1. The molecule has 3 N–H and O–H groups in total. The smallest absolute Gasteiger partial charge is 0.258 e. The molecular formula is C15H20N2O4. The van der Waals surface area contributed by atoms with Crippen LogP contribution in [0.1, 0.15) is 36.0 Å². The molecule has 0 aliphatic heterocycles. The fourth-order valence-corrected chi connectivity index (χ4v) is 2.72. The van der Waals surface area contributed by atoms with Crippen LogP contribution in [0, 0.1) is 0 Å². The van der Waals surface area contributed by atoms with E-state index in [0.717, 1.165) is 25.7 Å². The standard InChI is InChI=1S/C15H20N2O4/c1-21-11-6-7-12(13(18)8-11)15(20)17(9-14(16)19)10-4-2-3-5-10/h6-8,10,18H,2-5,9H2,1H3,(H2,16,19). The number of aromatic hydroxyl groups is 1. The van der Waals surface area contributed by atoms with Gasteiger partial charge in [0.25, 0.3) is 5.91 Å². The van der Waals surface area contributed by atoms with Crippen LogP contribution >= 0.6 is 0 Å². The number of primary amides is 1. The van der Waals surface area contributed by atoms with E-state index in [9.17, 15) is 14.7 Å². The number of ether oxygens (including phenoxy) is 1. The lowest BCUT2D eigenvalue weighted by Crippen LogP contribution is -2.44. The van der Waals surface area contributed by atoms with Crippen molar-refractivity contribution in [3.05, 3.63) is 23.8 Å². The van der Waals surface area contributed by atoms with Gasteiger partial charge in [0.15, 0.2) is 0 Å². The van der Waals surface area contributed by atoms with Crippen LogP contribution < -0.4 is 10.5 Å². The van der Waals surface area contributed by atoms with E-state index in [1.165, 1.54) is 24.1 Å². The van der Waals surface area contributed by atoms with Crippen molar-refractivity contribution in [2.45, 2.75) is 31.7 Å². The summed E-state index contributed by atoms with van der Waals surface area (Å²) in [5.74, 6) is -0.623. The quantitative estimate of drug-likeness (QED) is 0.854. The molecule has 1 aromatic carbocycles. The van der Waals surface area contributed by atoms with Crippen molar-refractivity contribution in [3.63, 3.8) is 0 Å². The first-order chi connectivity index (χ1) is 10.0. The van der Waals surface area contributed by atoms with Gasteiger partial charge in [-0.1, -0.05) is 12.8 Å². The molecule has 1 aliphatic carbocycles. The predicted molar refractivity (Wildman–Crippen MR) is 77.1 cm³/mol.